The molecule has 3 nitrogen and oxygen atoms in total. The van der Waals surface area contributed by atoms with Crippen molar-refractivity contribution in [3.63, 3.8) is 0 Å². The highest BCUT2D eigenvalue weighted by Crippen LogP contribution is 2.32. The number of aryl methyl sites for hydroxylation is 2. The first-order chi connectivity index (χ1) is 11.1. The number of imidazole rings is 1. The van der Waals surface area contributed by atoms with Gasteiger partial charge in [-0.05, 0) is 55.5 Å². The van der Waals surface area contributed by atoms with E-state index in [1.54, 1.807) is 6.33 Å². The molecule has 1 heterocycles. The third-order valence-electron chi connectivity index (χ3n) is 4.02. The first kappa shape index (κ1) is 17.5. The maximum absolute atomic E-state index is 6.51. The van der Waals surface area contributed by atoms with Gasteiger partial charge in [-0.25, -0.2) is 4.98 Å². The fourth-order valence-corrected chi connectivity index (χ4v) is 2.94. The van der Waals surface area contributed by atoms with Gasteiger partial charge in [0.05, 0.1) is 24.3 Å². The van der Waals surface area contributed by atoms with E-state index in [1.807, 2.05) is 43.8 Å². The summed E-state index contributed by atoms with van der Waals surface area (Å²) in [5.74, 6) is 0. The van der Waals surface area contributed by atoms with Gasteiger partial charge >= 0.3 is 0 Å². The number of hydrogen-bond acceptors (Lipinski definition) is 2. The summed E-state index contributed by atoms with van der Waals surface area (Å²) in [5.41, 5.74) is 11.0. The molecule has 0 aliphatic carbocycles. The summed E-state index contributed by atoms with van der Waals surface area (Å²) in [5, 5.41) is 0.728. The fourth-order valence-electron chi connectivity index (χ4n) is 2.77. The summed E-state index contributed by atoms with van der Waals surface area (Å²) in [6.07, 6.45) is 11.9. The normalized spacial score (nSPS) is 13.7. The third kappa shape index (κ3) is 4.12. The van der Waals surface area contributed by atoms with Crippen LogP contribution in [0, 0.1) is 0 Å². The Morgan fingerprint density at radius 1 is 1.39 bits per heavy atom. The molecule has 122 valence electrons. The predicted octanol–water partition coefficient (Wildman–Crippen LogP) is 4.69. The number of hydrogen-bond donors (Lipinski definition) is 1. The summed E-state index contributed by atoms with van der Waals surface area (Å²) in [7, 11) is 1.96. The second-order valence-electron chi connectivity index (χ2n) is 5.56. The molecule has 0 saturated carbocycles. The molecule has 2 rings (SSSR count). The quantitative estimate of drug-likeness (QED) is 0.781. The Balaban J connectivity index is 2.40. The molecule has 2 N–H and O–H groups in total. The van der Waals surface area contributed by atoms with Gasteiger partial charge in [0, 0.05) is 12.1 Å². The van der Waals surface area contributed by atoms with Crippen molar-refractivity contribution in [2.45, 2.75) is 32.7 Å². The fraction of sp³-hybridized carbons (Fsp3) is 0.316. The van der Waals surface area contributed by atoms with E-state index in [0.717, 1.165) is 34.7 Å². The maximum atomic E-state index is 6.51. The minimum absolute atomic E-state index is 0.230. The molecule has 1 aromatic heterocycles. The summed E-state index contributed by atoms with van der Waals surface area (Å²) < 4.78 is 1.96. The molecule has 1 aromatic carbocycles. The van der Waals surface area contributed by atoms with Crippen LogP contribution in [0.2, 0.25) is 5.02 Å². The van der Waals surface area contributed by atoms with Crippen LogP contribution in [0.4, 0.5) is 0 Å². The van der Waals surface area contributed by atoms with Crippen molar-refractivity contribution in [1.29, 1.82) is 0 Å². The molecule has 23 heavy (non-hydrogen) atoms. The first-order valence-electron chi connectivity index (χ1n) is 7.86. The van der Waals surface area contributed by atoms with Gasteiger partial charge < -0.3 is 10.3 Å². The number of aromatic nitrogens is 2. The second-order valence-corrected chi connectivity index (χ2v) is 6.00. The molecule has 0 fully saturated rings. The van der Waals surface area contributed by atoms with Gasteiger partial charge in [0.15, 0.2) is 0 Å². The Labute approximate surface area is 143 Å². The lowest BCUT2D eigenvalue weighted by molar-refractivity contribution is 0.772. The van der Waals surface area contributed by atoms with Gasteiger partial charge in [-0.15, -0.1) is 0 Å². The third-order valence-corrected chi connectivity index (χ3v) is 4.25. The van der Waals surface area contributed by atoms with E-state index in [4.69, 9.17) is 17.3 Å². The highest BCUT2D eigenvalue weighted by molar-refractivity contribution is 6.30. The lowest BCUT2D eigenvalue weighted by atomic mass is 9.91. The van der Waals surface area contributed by atoms with Crippen LogP contribution in [-0.2, 0) is 13.5 Å². The Kier molecular flexibility index (Phi) is 6.20. The van der Waals surface area contributed by atoms with E-state index in [2.05, 4.69) is 29.3 Å². The smallest absolute Gasteiger partial charge is 0.0946 e. The number of benzene rings is 1. The Bertz CT molecular complexity index is 713. The first-order valence-corrected chi connectivity index (χ1v) is 8.24. The SMILES string of the molecule is C/C=C\CCc1ccc(Cl)cc1/C(=C\C)C(N)c1cncn1C. The van der Waals surface area contributed by atoms with Crippen molar-refractivity contribution in [1.82, 2.24) is 9.55 Å². The van der Waals surface area contributed by atoms with Gasteiger partial charge in [-0.3, -0.25) is 0 Å². The molecule has 0 radical (unpaired) electrons. The highest BCUT2D eigenvalue weighted by Gasteiger charge is 2.18. The van der Waals surface area contributed by atoms with Crippen LogP contribution in [-0.4, -0.2) is 9.55 Å². The zero-order valence-corrected chi connectivity index (χ0v) is 14.7. The van der Waals surface area contributed by atoms with Crippen LogP contribution in [0.25, 0.3) is 5.57 Å². The van der Waals surface area contributed by atoms with Crippen LogP contribution in [0.3, 0.4) is 0 Å². The van der Waals surface area contributed by atoms with Crippen LogP contribution < -0.4 is 5.73 Å². The summed E-state index contributed by atoms with van der Waals surface area (Å²) in [4.78, 5) is 4.17. The van der Waals surface area contributed by atoms with Crippen LogP contribution >= 0.6 is 11.6 Å². The number of rotatable bonds is 6. The Hall–Kier alpha value is -1.84. The lowest BCUT2D eigenvalue weighted by Gasteiger charge is -2.20. The molecule has 0 bridgehead atoms. The monoisotopic (exact) mass is 329 g/mol. The number of allylic oxidation sites excluding steroid dienone is 3. The molecule has 4 heteroatoms. The van der Waals surface area contributed by atoms with Gasteiger partial charge in [-0.1, -0.05) is 35.9 Å². The van der Waals surface area contributed by atoms with Gasteiger partial charge in [0.25, 0.3) is 0 Å². The van der Waals surface area contributed by atoms with Crippen molar-refractivity contribution >= 4 is 17.2 Å². The Morgan fingerprint density at radius 2 is 2.17 bits per heavy atom. The minimum atomic E-state index is -0.230. The molecule has 1 unspecified atom stereocenters. The predicted molar refractivity (Wildman–Crippen MR) is 98.4 cm³/mol. The van der Waals surface area contributed by atoms with Crippen molar-refractivity contribution < 1.29 is 0 Å². The standard InChI is InChI=1S/C19H24ClN3/c1-4-6-7-8-14-9-10-15(20)11-17(14)16(5-2)19(21)18-12-22-13-23(18)3/h4-6,9-13,19H,7-8,21H2,1-3H3/b6-4-,16-5+. The second kappa shape index (κ2) is 8.14. The van der Waals surface area contributed by atoms with Crippen LogP contribution in [0.15, 0.2) is 49.0 Å². The highest BCUT2D eigenvalue weighted by atomic mass is 35.5. The zero-order chi connectivity index (χ0) is 16.8. The number of nitrogens with two attached hydrogens (primary N) is 1. The molecular formula is C19H24ClN3. The largest absolute Gasteiger partial charge is 0.336 e. The number of halogens is 1. The molecule has 0 aliphatic rings. The molecule has 0 spiro atoms. The van der Waals surface area contributed by atoms with Crippen LogP contribution in [0.5, 0.6) is 0 Å². The molecule has 2 aromatic rings. The van der Waals surface area contributed by atoms with E-state index in [1.165, 1.54) is 5.56 Å². The topological polar surface area (TPSA) is 43.8 Å². The van der Waals surface area contributed by atoms with Crippen molar-refractivity contribution in [3.05, 3.63) is 70.8 Å². The van der Waals surface area contributed by atoms with E-state index >= 15 is 0 Å². The molecule has 0 aliphatic heterocycles. The summed E-state index contributed by atoms with van der Waals surface area (Å²) >= 11 is 6.24. The average Bonchev–Trinajstić information content (AvgIpc) is 2.96. The van der Waals surface area contributed by atoms with E-state index < -0.39 is 0 Å². The summed E-state index contributed by atoms with van der Waals surface area (Å²) in [6, 6.07) is 5.82. The van der Waals surface area contributed by atoms with Crippen LogP contribution in [0.1, 0.15) is 43.1 Å². The van der Waals surface area contributed by atoms with Crippen molar-refractivity contribution in [2.24, 2.45) is 12.8 Å². The zero-order valence-electron chi connectivity index (χ0n) is 14.0. The molecule has 1 atom stereocenters. The van der Waals surface area contributed by atoms with Gasteiger partial charge in [0.2, 0.25) is 0 Å². The average molecular weight is 330 g/mol. The van der Waals surface area contributed by atoms with E-state index in [9.17, 15) is 0 Å². The van der Waals surface area contributed by atoms with Gasteiger partial charge in [-0.2, -0.15) is 0 Å². The number of nitrogens with zero attached hydrogens (tertiary/aromatic N) is 2. The molecule has 0 amide bonds. The molecule has 0 saturated heterocycles. The lowest BCUT2D eigenvalue weighted by Crippen LogP contribution is -2.16. The van der Waals surface area contributed by atoms with Crippen molar-refractivity contribution in [2.75, 3.05) is 0 Å². The summed E-state index contributed by atoms with van der Waals surface area (Å²) in [6.45, 7) is 4.06. The van der Waals surface area contributed by atoms with Gasteiger partial charge in [0.1, 0.15) is 0 Å². The minimum Gasteiger partial charge on any atom is -0.336 e. The maximum Gasteiger partial charge on any atom is 0.0946 e. The molecular weight excluding hydrogens is 306 g/mol. The van der Waals surface area contributed by atoms with E-state index in [0.29, 0.717) is 0 Å². The Morgan fingerprint density at radius 3 is 2.78 bits per heavy atom. The van der Waals surface area contributed by atoms with E-state index in [-0.39, 0.29) is 6.04 Å². The van der Waals surface area contributed by atoms with Crippen molar-refractivity contribution in [3.8, 4) is 0 Å².